The molecule has 0 saturated carbocycles. The van der Waals surface area contributed by atoms with Crippen LogP contribution in [0.2, 0.25) is 0 Å². The van der Waals surface area contributed by atoms with E-state index in [0.717, 1.165) is 19.9 Å². The van der Waals surface area contributed by atoms with Crippen LogP contribution >= 0.6 is 22.6 Å². The van der Waals surface area contributed by atoms with E-state index in [2.05, 4.69) is 51.3 Å². The van der Waals surface area contributed by atoms with Gasteiger partial charge in [0.1, 0.15) is 6.61 Å². The maximum absolute atomic E-state index is 12.3. The summed E-state index contributed by atoms with van der Waals surface area (Å²) in [5, 5.41) is 6.43. The van der Waals surface area contributed by atoms with E-state index < -0.39 is 0 Å². The van der Waals surface area contributed by atoms with Crippen molar-refractivity contribution < 1.29 is 14.3 Å². The lowest BCUT2D eigenvalue weighted by Crippen LogP contribution is -2.17. The third kappa shape index (κ3) is 5.08. The van der Waals surface area contributed by atoms with Gasteiger partial charge in [-0.3, -0.25) is 4.79 Å². The molecule has 0 aromatic heterocycles. The van der Waals surface area contributed by atoms with Gasteiger partial charge in [0.15, 0.2) is 11.5 Å². The van der Waals surface area contributed by atoms with Crippen LogP contribution in [0.4, 0.5) is 0 Å². The van der Waals surface area contributed by atoms with Gasteiger partial charge in [0, 0.05) is 14.7 Å². The molecule has 0 aliphatic rings. The molecule has 4 rings (SSSR count). The summed E-state index contributed by atoms with van der Waals surface area (Å²) in [6.07, 6.45) is 1.56. The predicted octanol–water partition coefficient (Wildman–Crippen LogP) is 5.80. The second-order valence-electron chi connectivity index (χ2n) is 7.02. The second-order valence-corrected chi connectivity index (χ2v) is 8.26. The number of halogens is 1. The van der Waals surface area contributed by atoms with Gasteiger partial charge in [-0.25, -0.2) is 5.43 Å². The number of amides is 1. The van der Waals surface area contributed by atoms with Crippen LogP contribution in [0.3, 0.4) is 0 Å². The van der Waals surface area contributed by atoms with Gasteiger partial charge in [-0.15, -0.1) is 0 Å². The van der Waals surface area contributed by atoms with Crippen LogP contribution in [0.15, 0.2) is 90.0 Å². The highest BCUT2D eigenvalue weighted by molar-refractivity contribution is 14.1. The molecule has 0 atom stereocenters. The van der Waals surface area contributed by atoms with Crippen LogP contribution in [0.25, 0.3) is 10.8 Å². The number of nitrogens with one attached hydrogen (secondary N) is 1. The van der Waals surface area contributed by atoms with E-state index in [-0.39, 0.29) is 5.91 Å². The second kappa shape index (κ2) is 10.3. The number of para-hydroxylation sites is 1. The Labute approximate surface area is 200 Å². The molecule has 0 unspecified atom stereocenters. The first-order valence-corrected chi connectivity index (χ1v) is 11.1. The molecule has 5 nitrogen and oxygen atoms in total. The van der Waals surface area contributed by atoms with Crippen molar-refractivity contribution in [2.45, 2.75) is 6.61 Å². The lowest BCUT2D eigenvalue weighted by atomic mass is 10.1. The van der Waals surface area contributed by atoms with Gasteiger partial charge in [0.25, 0.3) is 5.91 Å². The highest BCUT2D eigenvalue weighted by Crippen LogP contribution is 2.31. The molecule has 32 heavy (non-hydrogen) atoms. The SMILES string of the molecule is COc1cccc(/C=N\NC(=O)c2cccc(I)c2)c1OCc1cccc2ccccc12. The van der Waals surface area contributed by atoms with E-state index in [1.807, 2.05) is 54.6 Å². The first-order chi connectivity index (χ1) is 15.7. The van der Waals surface area contributed by atoms with Gasteiger partial charge in [-0.2, -0.15) is 5.10 Å². The van der Waals surface area contributed by atoms with Gasteiger partial charge >= 0.3 is 0 Å². The zero-order valence-electron chi connectivity index (χ0n) is 17.4. The summed E-state index contributed by atoms with van der Waals surface area (Å²) in [6.45, 7) is 0.372. The van der Waals surface area contributed by atoms with E-state index in [0.29, 0.717) is 29.2 Å². The highest BCUT2D eigenvalue weighted by atomic mass is 127. The summed E-state index contributed by atoms with van der Waals surface area (Å²) in [5.74, 6) is 0.884. The topological polar surface area (TPSA) is 59.9 Å². The average Bonchev–Trinajstić information content (AvgIpc) is 2.83. The standard InChI is InChI=1S/C26H21IN2O3/c1-31-24-14-6-10-20(16-28-29-26(30)19-9-5-12-22(27)15-19)25(24)32-17-21-11-4-8-18-7-2-3-13-23(18)21/h2-16H,17H2,1H3,(H,29,30)/b28-16-. The number of ether oxygens (including phenoxy) is 2. The Morgan fingerprint density at radius 2 is 1.78 bits per heavy atom. The zero-order chi connectivity index (χ0) is 22.3. The number of carbonyl (C=O) groups is 1. The summed E-state index contributed by atoms with van der Waals surface area (Å²) < 4.78 is 12.7. The van der Waals surface area contributed by atoms with E-state index in [1.54, 1.807) is 25.5 Å². The average molecular weight is 536 g/mol. The molecule has 0 heterocycles. The summed E-state index contributed by atoms with van der Waals surface area (Å²) in [4.78, 5) is 12.3. The number of rotatable bonds is 7. The number of benzene rings is 4. The first-order valence-electron chi connectivity index (χ1n) is 10.0. The van der Waals surface area contributed by atoms with Crippen LogP contribution in [0, 0.1) is 3.57 Å². The minimum atomic E-state index is -0.277. The van der Waals surface area contributed by atoms with Crippen molar-refractivity contribution in [1.82, 2.24) is 5.43 Å². The Morgan fingerprint density at radius 1 is 1.00 bits per heavy atom. The lowest BCUT2D eigenvalue weighted by molar-refractivity contribution is 0.0955. The molecule has 160 valence electrons. The van der Waals surface area contributed by atoms with E-state index in [1.165, 1.54) is 0 Å². The molecule has 1 N–H and O–H groups in total. The van der Waals surface area contributed by atoms with Crippen molar-refractivity contribution >= 4 is 45.5 Å². The fourth-order valence-electron chi connectivity index (χ4n) is 3.37. The molecule has 1 amide bonds. The lowest BCUT2D eigenvalue weighted by Gasteiger charge is -2.14. The van der Waals surface area contributed by atoms with Gasteiger partial charge in [-0.1, -0.05) is 54.6 Å². The fraction of sp³-hybridized carbons (Fsp3) is 0.0769. The maximum atomic E-state index is 12.3. The Hall–Kier alpha value is -3.39. The third-order valence-corrected chi connectivity index (χ3v) is 5.61. The van der Waals surface area contributed by atoms with Crippen molar-refractivity contribution in [3.05, 3.63) is 105 Å². The van der Waals surface area contributed by atoms with Crippen molar-refractivity contribution in [3.8, 4) is 11.5 Å². The molecule has 0 aliphatic carbocycles. The van der Waals surface area contributed by atoms with Crippen LogP contribution in [0.5, 0.6) is 11.5 Å². The monoisotopic (exact) mass is 536 g/mol. The molecule has 0 bridgehead atoms. The zero-order valence-corrected chi connectivity index (χ0v) is 19.6. The first kappa shape index (κ1) is 21.8. The number of nitrogens with zero attached hydrogens (tertiary/aromatic N) is 1. The van der Waals surface area contributed by atoms with Crippen molar-refractivity contribution in [1.29, 1.82) is 0 Å². The number of methoxy groups -OCH3 is 1. The van der Waals surface area contributed by atoms with E-state index >= 15 is 0 Å². The smallest absolute Gasteiger partial charge is 0.271 e. The predicted molar refractivity (Wildman–Crippen MR) is 135 cm³/mol. The largest absolute Gasteiger partial charge is 0.493 e. The number of hydrogen-bond donors (Lipinski definition) is 1. The van der Waals surface area contributed by atoms with Gasteiger partial charge in [0.05, 0.1) is 13.3 Å². The van der Waals surface area contributed by atoms with Gasteiger partial charge in [-0.05, 0) is 69.3 Å². The Morgan fingerprint density at radius 3 is 2.62 bits per heavy atom. The van der Waals surface area contributed by atoms with Crippen LogP contribution in [-0.2, 0) is 6.61 Å². The Balaban J connectivity index is 1.53. The van der Waals surface area contributed by atoms with Crippen LogP contribution in [-0.4, -0.2) is 19.2 Å². The fourth-order valence-corrected chi connectivity index (χ4v) is 3.92. The molecule has 4 aromatic rings. The quantitative estimate of drug-likeness (QED) is 0.185. The molecular weight excluding hydrogens is 515 g/mol. The minimum absolute atomic E-state index is 0.277. The van der Waals surface area contributed by atoms with Gasteiger partial charge < -0.3 is 9.47 Å². The van der Waals surface area contributed by atoms with Crippen molar-refractivity contribution in [2.75, 3.05) is 7.11 Å². The molecular formula is C26H21IN2O3. The molecule has 4 aromatic carbocycles. The van der Waals surface area contributed by atoms with E-state index in [9.17, 15) is 4.79 Å². The van der Waals surface area contributed by atoms with Crippen LogP contribution in [0.1, 0.15) is 21.5 Å². The Bertz CT molecular complexity index is 1280. The van der Waals surface area contributed by atoms with Crippen molar-refractivity contribution in [2.24, 2.45) is 5.10 Å². The van der Waals surface area contributed by atoms with E-state index in [4.69, 9.17) is 9.47 Å². The summed E-state index contributed by atoms with van der Waals surface area (Å²) in [7, 11) is 1.60. The third-order valence-electron chi connectivity index (χ3n) is 4.94. The summed E-state index contributed by atoms with van der Waals surface area (Å²) >= 11 is 2.17. The van der Waals surface area contributed by atoms with Crippen molar-refractivity contribution in [3.63, 3.8) is 0 Å². The minimum Gasteiger partial charge on any atom is -0.493 e. The number of carbonyl (C=O) groups excluding carboxylic acids is 1. The molecule has 0 spiro atoms. The summed E-state index contributed by atoms with van der Waals surface area (Å²) in [6, 6.07) is 27.2. The number of fused-ring (bicyclic) bond motifs is 1. The highest BCUT2D eigenvalue weighted by Gasteiger charge is 2.11. The molecule has 6 heteroatoms. The van der Waals surface area contributed by atoms with Gasteiger partial charge in [0.2, 0.25) is 0 Å². The number of hydrogen-bond acceptors (Lipinski definition) is 4. The summed E-state index contributed by atoms with van der Waals surface area (Å²) in [5.41, 5.74) is 4.89. The maximum Gasteiger partial charge on any atom is 0.271 e. The Kier molecular flexibility index (Phi) is 7.01. The normalized spacial score (nSPS) is 10.9. The van der Waals surface area contributed by atoms with Crippen LogP contribution < -0.4 is 14.9 Å². The molecule has 0 aliphatic heterocycles. The molecule has 0 saturated heterocycles. The molecule has 0 radical (unpaired) electrons. The number of hydrazone groups is 1. The molecule has 0 fully saturated rings.